The number of pyridine rings is 1. The first-order chi connectivity index (χ1) is 7.35. The van der Waals surface area contributed by atoms with Gasteiger partial charge in [0.1, 0.15) is 0 Å². The monoisotopic (exact) mass is 206 g/mol. The molecule has 2 heterocycles. The zero-order chi connectivity index (χ0) is 10.7. The molecule has 0 saturated carbocycles. The number of hydrogen-bond donors (Lipinski definition) is 0. The van der Waals surface area contributed by atoms with Gasteiger partial charge < -0.3 is 4.74 Å². The van der Waals surface area contributed by atoms with E-state index in [2.05, 4.69) is 22.9 Å². The highest BCUT2D eigenvalue weighted by molar-refractivity contribution is 5.21. The summed E-state index contributed by atoms with van der Waals surface area (Å²) in [6, 6.07) is 4.64. The van der Waals surface area contributed by atoms with Crippen LogP contribution >= 0.6 is 0 Å². The van der Waals surface area contributed by atoms with Crippen molar-refractivity contribution in [2.75, 3.05) is 20.2 Å². The van der Waals surface area contributed by atoms with E-state index < -0.39 is 0 Å². The van der Waals surface area contributed by atoms with E-state index in [1.807, 2.05) is 12.3 Å². The van der Waals surface area contributed by atoms with Gasteiger partial charge >= 0.3 is 0 Å². The number of ether oxygens (including phenoxy) is 1. The highest BCUT2D eigenvalue weighted by atomic mass is 16.5. The van der Waals surface area contributed by atoms with Crippen LogP contribution in [0.4, 0.5) is 0 Å². The number of nitrogens with zero attached hydrogens (tertiary/aromatic N) is 2. The average molecular weight is 206 g/mol. The molecule has 1 saturated heterocycles. The molecule has 0 aromatic carbocycles. The molecule has 0 bridgehead atoms. The molecule has 15 heavy (non-hydrogen) atoms. The minimum Gasteiger partial charge on any atom is -0.481 e. The Morgan fingerprint density at radius 1 is 1.53 bits per heavy atom. The van der Waals surface area contributed by atoms with Crippen molar-refractivity contribution in [3.63, 3.8) is 0 Å². The Labute approximate surface area is 91.1 Å². The van der Waals surface area contributed by atoms with Crippen molar-refractivity contribution in [2.45, 2.75) is 25.8 Å². The fourth-order valence-electron chi connectivity index (χ4n) is 2.29. The fraction of sp³-hybridized carbons (Fsp3) is 0.583. The largest absolute Gasteiger partial charge is 0.481 e. The lowest BCUT2D eigenvalue weighted by Gasteiger charge is -2.22. The Morgan fingerprint density at radius 2 is 2.40 bits per heavy atom. The molecule has 1 aliphatic rings. The number of likely N-dealkylation sites (tertiary alicyclic amines) is 1. The maximum atomic E-state index is 5.06. The molecule has 2 rings (SSSR count). The fourth-order valence-corrected chi connectivity index (χ4v) is 2.29. The number of methoxy groups -OCH3 is 1. The molecule has 1 fully saturated rings. The van der Waals surface area contributed by atoms with E-state index in [-0.39, 0.29) is 0 Å². The second-order valence-electron chi connectivity index (χ2n) is 3.92. The summed E-state index contributed by atoms with van der Waals surface area (Å²) < 4.78 is 5.06. The van der Waals surface area contributed by atoms with Gasteiger partial charge in [0, 0.05) is 18.3 Å². The van der Waals surface area contributed by atoms with Crippen molar-refractivity contribution in [2.24, 2.45) is 0 Å². The van der Waals surface area contributed by atoms with Gasteiger partial charge in [0.25, 0.3) is 0 Å². The van der Waals surface area contributed by atoms with Gasteiger partial charge in [0.05, 0.1) is 7.11 Å². The van der Waals surface area contributed by atoms with Gasteiger partial charge in [-0.25, -0.2) is 4.98 Å². The molecule has 0 N–H and O–H groups in total. The van der Waals surface area contributed by atoms with E-state index in [4.69, 9.17) is 4.74 Å². The van der Waals surface area contributed by atoms with Crippen molar-refractivity contribution in [3.05, 3.63) is 23.9 Å². The van der Waals surface area contributed by atoms with Crippen LogP contribution in [0.1, 0.15) is 31.4 Å². The lowest BCUT2D eigenvalue weighted by Crippen LogP contribution is -2.22. The van der Waals surface area contributed by atoms with Crippen LogP contribution in [0.15, 0.2) is 18.3 Å². The molecule has 0 spiro atoms. The van der Waals surface area contributed by atoms with Crippen LogP contribution in [-0.2, 0) is 0 Å². The van der Waals surface area contributed by atoms with Gasteiger partial charge in [-0.1, -0.05) is 13.0 Å². The lowest BCUT2D eigenvalue weighted by molar-refractivity contribution is 0.271. The second kappa shape index (κ2) is 4.62. The molecule has 0 radical (unpaired) electrons. The lowest BCUT2D eigenvalue weighted by atomic mass is 10.1. The van der Waals surface area contributed by atoms with Gasteiger partial charge in [-0.3, -0.25) is 4.90 Å². The smallest absolute Gasteiger partial charge is 0.212 e. The summed E-state index contributed by atoms with van der Waals surface area (Å²) in [5, 5.41) is 0. The predicted octanol–water partition coefficient (Wildman–Crippen LogP) is 2.25. The molecule has 1 aromatic heterocycles. The Kier molecular flexibility index (Phi) is 3.21. The Hall–Kier alpha value is -1.09. The molecule has 82 valence electrons. The van der Waals surface area contributed by atoms with Crippen LogP contribution in [0.2, 0.25) is 0 Å². The van der Waals surface area contributed by atoms with Crippen molar-refractivity contribution < 1.29 is 4.74 Å². The van der Waals surface area contributed by atoms with E-state index >= 15 is 0 Å². The maximum absolute atomic E-state index is 5.06. The summed E-state index contributed by atoms with van der Waals surface area (Å²) in [6.07, 6.45) is 4.49. The number of hydrogen-bond acceptors (Lipinski definition) is 3. The molecule has 1 aliphatic heterocycles. The zero-order valence-electron chi connectivity index (χ0n) is 9.44. The SMILES string of the molecule is CCN1CCC[C@H]1c1ccc(OC)nc1. The van der Waals surface area contributed by atoms with Crippen LogP contribution in [-0.4, -0.2) is 30.1 Å². The summed E-state index contributed by atoms with van der Waals surface area (Å²) in [5.74, 6) is 0.694. The third-order valence-electron chi connectivity index (χ3n) is 3.12. The van der Waals surface area contributed by atoms with Crippen LogP contribution < -0.4 is 4.74 Å². The quantitative estimate of drug-likeness (QED) is 0.758. The van der Waals surface area contributed by atoms with Crippen molar-refractivity contribution in [1.29, 1.82) is 0 Å². The van der Waals surface area contributed by atoms with Gasteiger partial charge in [-0.2, -0.15) is 0 Å². The molecular formula is C12H18N2O. The second-order valence-corrected chi connectivity index (χ2v) is 3.92. The van der Waals surface area contributed by atoms with Crippen LogP contribution in [0, 0.1) is 0 Å². The van der Waals surface area contributed by atoms with Gasteiger partial charge in [0.15, 0.2) is 0 Å². The Morgan fingerprint density at radius 3 is 3.00 bits per heavy atom. The number of aromatic nitrogens is 1. The minimum absolute atomic E-state index is 0.563. The summed E-state index contributed by atoms with van der Waals surface area (Å²) in [6.45, 7) is 4.55. The molecule has 1 aromatic rings. The summed E-state index contributed by atoms with van der Waals surface area (Å²) in [5.41, 5.74) is 1.31. The van der Waals surface area contributed by atoms with Gasteiger partial charge in [0.2, 0.25) is 5.88 Å². The molecular weight excluding hydrogens is 188 g/mol. The van der Waals surface area contributed by atoms with E-state index in [1.165, 1.54) is 24.9 Å². The molecule has 0 amide bonds. The molecule has 1 atom stereocenters. The summed E-state index contributed by atoms with van der Waals surface area (Å²) in [7, 11) is 1.65. The highest BCUT2D eigenvalue weighted by Gasteiger charge is 2.24. The standard InChI is InChI=1S/C12H18N2O/c1-3-14-8-4-5-11(14)10-6-7-12(15-2)13-9-10/h6-7,9,11H,3-5,8H2,1-2H3/t11-/m0/s1. The van der Waals surface area contributed by atoms with Crippen molar-refractivity contribution >= 4 is 0 Å². The predicted molar refractivity (Wildman–Crippen MR) is 60.0 cm³/mol. The topological polar surface area (TPSA) is 25.4 Å². The third kappa shape index (κ3) is 2.12. The van der Waals surface area contributed by atoms with E-state index in [0.717, 1.165) is 6.54 Å². The van der Waals surface area contributed by atoms with Crippen LogP contribution in [0.25, 0.3) is 0 Å². The van der Waals surface area contributed by atoms with Crippen molar-refractivity contribution in [1.82, 2.24) is 9.88 Å². The summed E-state index contributed by atoms with van der Waals surface area (Å²) in [4.78, 5) is 6.77. The molecule has 3 heteroatoms. The third-order valence-corrected chi connectivity index (χ3v) is 3.12. The van der Waals surface area contributed by atoms with E-state index in [1.54, 1.807) is 7.11 Å². The van der Waals surface area contributed by atoms with Gasteiger partial charge in [-0.05, 0) is 31.5 Å². The van der Waals surface area contributed by atoms with Gasteiger partial charge in [-0.15, -0.1) is 0 Å². The summed E-state index contributed by atoms with van der Waals surface area (Å²) >= 11 is 0. The zero-order valence-corrected chi connectivity index (χ0v) is 9.44. The van der Waals surface area contributed by atoms with Crippen LogP contribution in [0.5, 0.6) is 5.88 Å². The molecule has 3 nitrogen and oxygen atoms in total. The van der Waals surface area contributed by atoms with Crippen LogP contribution in [0.3, 0.4) is 0 Å². The average Bonchev–Trinajstić information content (AvgIpc) is 2.77. The first kappa shape index (κ1) is 10.4. The minimum atomic E-state index is 0.563. The maximum Gasteiger partial charge on any atom is 0.212 e. The number of rotatable bonds is 3. The normalized spacial score (nSPS) is 21.9. The molecule has 0 aliphatic carbocycles. The van der Waals surface area contributed by atoms with E-state index in [0.29, 0.717) is 11.9 Å². The Bertz CT molecular complexity index is 310. The van der Waals surface area contributed by atoms with Crippen molar-refractivity contribution in [3.8, 4) is 5.88 Å². The molecule has 0 unspecified atom stereocenters. The first-order valence-corrected chi connectivity index (χ1v) is 5.59. The Balaban J connectivity index is 2.14. The first-order valence-electron chi connectivity index (χ1n) is 5.59. The highest BCUT2D eigenvalue weighted by Crippen LogP contribution is 2.31. The van der Waals surface area contributed by atoms with E-state index in [9.17, 15) is 0 Å².